The van der Waals surface area contributed by atoms with Gasteiger partial charge >= 0.3 is 0 Å². The lowest BCUT2D eigenvalue weighted by Crippen LogP contribution is -2.15. The van der Waals surface area contributed by atoms with Gasteiger partial charge < -0.3 is 10.1 Å². The Balaban J connectivity index is 1.70. The number of hydrogen-bond donors (Lipinski definition) is 2. The zero-order valence-electron chi connectivity index (χ0n) is 18.2. The largest absolute Gasteiger partial charge is 0.494 e. The molecule has 8 heteroatoms. The molecule has 0 heterocycles. The first-order valence-corrected chi connectivity index (χ1v) is 12.6. The molecule has 3 aromatic carbocycles. The molecule has 0 atom stereocenters. The second kappa shape index (κ2) is 10.6. The first kappa shape index (κ1) is 23.7. The summed E-state index contributed by atoms with van der Waals surface area (Å²) in [6.07, 6.45) is 0. The molecule has 0 bridgehead atoms. The van der Waals surface area contributed by atoms with Crippen molar-refractivity contribution in [2.45, 2.75) is 35.8 Å². The molecule has 0 spiro atoms. The summed E-state index contributed by atoms with van der Waals surface area (Å²) in [7, 11) is -3.76. The van der Waals surface area contributed by atoms with Gasteiger partial charge in [-0.3, -0.25) is 9.52 Å². The van der Waals surface area contributed by atoms with Gasteiger partial charge in [-0.25, -0.2) is 8.42 Å². The van der Waals surface area contributed by atoms with Gasteiger partial charge in [0.1, 0.15) is 5.75 Å². The smallest absolute Gasteiger partial charge is 0.261 e. The Morgan fingerprint density at radius 3 is 2.19 bits per heavy atom. The van der Waals surface area contributed by atoms with Crippen molar-refractivity contribution >= 4 is 39.1 Å². The lowest BCUT2D eigenvalue weighted by atomic mass is 10.2. The molecule has 168 valence electrons. The Morgan fingerprint density at radius 2 is 1.56 bits per heavy atom. The van der Waals surface area contributed by atoms with E-state index in [2.05, 4.69) is 23.9 Å². The number of hydrogen-bond acceptors (Lipinski definition) is 5. The second-order valence-electron chi connectivity index (χ2n) is 7.20. The first-order chi connectivity index (χ1) is 15.3. The van der Waals surface area contributed by atoms with Crippen molar-refractivity contribution in [3.05, 3.63) is 78.4 Å². The quantitative estimate of drug-likeness (QED) is 0.396. The lowest BCUT2D eigenvalue weighted by molar-refractivity contribution is 0.102. The maximum Gasteiger partial charge on any atom is 0.261 e. The molecule has 0 aromatic heterocycles. The molecule has 6 nitrogen and oxygen atoms in total. The molecule has 3 rings (SSSR count). The Morgan fingerprint density at radius 1 is 0.938 bits per heavy atom. The van der Waals surface area contributed by atoms with Crippen LogP contribution in [-0.2, 0) is 10.0 Å². The van der Waals surface area contributed by atoms with E-state index in [4.69, 9.17) is 4.74 Å². The van der Waals surface area contributed by atoms with Gasteiger partial charge in [-0.2, -0.15) is 0 Å². The summed E-state index contributed by atoms with van der Waals surface area (Å²) in [4.78, 5) is 13.7. The van der Waals surface area contributed by atoms with E-state index in [1.165, 1.54) is 12.1 Å². The highest BCUT2D eigenvalue weighted by atomic mass is 32.2. The molecule has 0 aliphatic heterocycles. The van der Waals surface area contributed by atoms with Gasteiger partial charge in [0.25, 0.3) is 15.9 Å². The highest BCUT2D eigenvalue weighted by molar-refractivity contribution is 8.00. The van der Waals surface area contributed by atoms with Crippen molar-refractivity contribution in [2.24, 2.45) is 0 Å². The van der Waals surface area contributed by atoms with Gasteiger partial charge in [0.05, 0.1) is 17.1 Å². The SMILES string of the molecule is CCOc1ccc(NS(=O)(=O)c2ccc(NC(=O)c3ccccc3SC(C)C)cc2)cc1. The van der Waals surface area contributed by atoms with Crippen LogP contribution < -0.4 is 14.8 Å². The van der Waals surface area contributed by atoms with Crippen LogP contribution >= 0.6 is 11.8 Å². The number of carbonyl (C=O) groups excluding carboxylic acids is 1. The zero-order chi connectivity index (χ0) is 23.1. The van der Waals surface area contributed by atoms with Gasteiger partial charge in [-0.15, -0.1) is 11.8 Å². The van der Waals surface area contributed by atoms with Crippen LogP contribution in [0.4, 0.5) is 11.4 Å². The Kier molecular flexibility index (Phi) is 7.82. The molecule has 0 saturated heterocycles. The van der Waals surface area contributed by atoms with Crippen LogP contribution in [0.1, 0.15) is 31.1 Å². The zero-order valence-corrected chi connectivity index (χ0v) is 19.8. The molecule has 0 aliphatic rings. The summed E-state index contributed by atoms with van der Waals surface area (Å²) in [6, 6.07) is 20.2. The van der Waals surface area contributed by atoms with E-state index in [-0.39, 0.29) is 10.8 Å². The number of nitrogens with one attached hydrogen (secondary N) is 2. The van der Waals surface area contributed by atoms with Crippen LogP contribution in [0.5, 0.6) is 5.75 Å². The summed E-state index contributed by atoms with van der Waals surface area (Å²) in [5, 5.41) is 3.18. The minimum absolute atomic E-state index is 0.0974. The Bertz CT molecular complexity index is 1160. The van der Waals surface area contributed by atoms with E-state index in [0.29, 0.717) is 34.5 Å². The molecule has 2 N–H and O–H groups in total. The number of amides is 1. The van der Waals surface area contributed by atoms with Crippen molar-refractivity contribution in [2.75, 3.05) is 16.6 Å². The minimum Gasteiger partial charge on any atom is -0.494 e. The van der Waals surface area contributed by atoms with Gasteiger partial charge in [-0.1, -0.05) is 26.0 Å². The maximum absolute atomic E-state index is 12.7. The van der Waals surface area contributed by atoms with Crippen molar-refractivity contribution in [1.82, 2.24) is 0 Å². The standard InChI is InChI=1S/C24H26N2O4S2/c1-4-30-20-13-9-19(10-14-20)26-32(28,29)21-15-11-18(12-16-21)25-24(27)22-7-5-6-8-23(22)31-17(2)3/h5-17,26H,4H2,1-3H3,(H,25,27). The summed E-state index contributed by atoms with van der Waals surface area (Å²) in [5.74, 6) is 0.431. The second-order valence-corrected chi connectivity index (χ2v) is 10.5. The van der Waals surface area contributed by atoms with Gasteiger partial charge in [0.2, 0.25) is 0 Å². The lowest BCUT2D eigenvalue weighted by Gasteiger charge is -2.12. The average Bonchev–Trinajstić information content (AvgIpc) is 2.75. The topological polar surface area (TPSA) is 84.5 Å². The van der Waals surface area contributed by atoms with E-state index >= 15 is 0 Å². The number of benzene rings is 3. The highest BCUT2D eigenvalue weighted by Crippen LogP contribution is 2.27. The molecular formula is C24H26N2O4S2. The molecular weight excluding hydrogens is 444 g/mol. The van der Waals surface area contributed by atoms with Crippen LogP contribution in [0.25, 0.3) is 0 Å². The van der Waals surface area contributed by atoms with Crippen LogP contribution in [0.3, 0.4) is 0 Å². The molecule has 3 aromatic rings. The molecule has 0 fully saturated rings. The van der Waals surface area contributed by atoms with Crippen LogP contribution in [-0.4, -0.2) is 26.2 Å². The van der Waals surface area contributed by atoms with Crippen molar-refractivity contribution in [1.29, 1.82) is 0 Å². The van der Waals surface area contributed by atoms with Crippen LogP contribution in [0, 0.1) is 0 Å². The van der Waals surface area contributed by atoms with Crippen molar-refractivity contribution in [3.63, 3.8) is 0 Å². The minimum atomic E-state index is -3.76. The van der Waals surface area contributed by atoms with Crippen LogP contribution in [0.15, 0.2) is 82.6 Å². The summed E-state index contributed by atoms with van der Waals surface area (Å²) < 4.78 is 33.3. The number of carbonyl (C=O) groups is 1. The summed E-state index contributed by atoms with van der Waals surface area (Å²) in [5.41, 5.74) is 1.53. The molecule has 32 heavy (non-hydrogen) atoms. The number of rotatable bonds is 9. The first-order valence-electron chi connectivity index (χ1n) is 10.2. The Hall–Kier alpha value is -2.97. The fourth-order valence-corrected chi connectivity index (χ4v) is 4.94. The normalized spacial score (nSPS) is 11.2. The monoisotopic (exact) mass is 470 g/mol. The number of thioether (sulfide) groups is 1. The predicted octanol–water partition coefficient (Wildman–Crippen LogP) is 5.64. The third kappa shape index (κ3) is 6.27. The van der Waals surface area contributed by atoms with Gasteiger partial charge in [-0.05, 0) is 67.6 Å². The number of ether oxygens (including phenoxy) is 1. The van der Waals surface area contributed by atoms with E-state index in [1.54, 1.807) is 54.2 Å². The van der Waals surface area contributed by atoms with E-state index in [1.807, 2.05) is 25.1 Å². The van der Waals surface area contributed by atoms with E-state index in [0.717, 1.165) is 4.90 Å². The Labute approximate surface area is 193 Å². The molecule has 0 unspecified atom stereocenters. The van der Waals surface area contributed by atoms with E-state index in [9.17, 15) is 13.2 Å². The summed E-state index contributed by atoms with van der Waals surface area (Å²) >= 11 is 1.62. The predicted molar refractivity (Wildman–Crippen MR) is 130 cm³/mol. The molecule has 0 aliphatic carbocycles. The van der Waals surface area contributed by atoms with Crippen molar-refractivity contribution in [3.8, 4) is 5.75 Å². The third-order valence-electron chi connectivity index (χ3n) is 4.33. The fraction of sp³-hybridized carbons (Fsp3) is 0.208. The van der Waals surface area contributed by atoms with E-state index < -0.39 is 10.0 Å². The molecule has 0 radical (unpaired) electrons. The summed E-state index contributed by atoms with van der Waals surface area (Å²) in [6.45, 7) is 6.56. The fourth-order valence-electron chi connectivity index (χ4n) is 2.93. The van der Waals surface area contributed by atoms with Crippen molar-refractivity contribution < 1.29 is 17.9 Å². The van der Waals surface area contributed by atoms with Crippen LogP contribution in [0.2, 0.25) is 0 Å². The molecule has 1 amide bonds. The average molecular weight is 471 g/mol. The maximum atomic E-state index is 12.7. The third-order valence-corrected chi connectivity index (χ3v) is 6.81. The van der Waals surface area contributed by atoms with Gasteiger partial charge in [0.15, 0.2) is 0 Å². The number of anilines is 2. The molecule has 0 saturated carbocycles. The number of sulfonamides is 1. The highest BCUT2D eigenvalue weighted by Gasteiger charge is 2.16. The van der Waals surface area contributed by atoms with Gasteiger partial charge in [0, 0.05) is 21.5 Å².